The Morgan fingerprint density at radius 1 is 0.625 bits per heavy atom. The van der Waals surface area contributed by atoms with Crippen molar-refractivity contribution in [1.82, 2.24) is 0 Å². The summed E-state index contributed by atoms with van der Waals surface area (Å²) in [5.74, 6) is 0.149. The molecule has 1 aliphatic carbocycles. The molecule has 2 aromatic carbocycles. The molecule has 3 rings (SSSR count). The molecule has 0 spiro atoms. The van der Waals surface area contributed by atoms with E-state index in [0.29, 0.717) is 0 Å². The minimum atomic E-state index is 0. The van der Waals surface area contributed by atoms with Crippen LogP contribution >= 0.6 is 0 Å². The van der Waals surface area contributed by atoms with E-state index in [-0.39, 0.29) is 46.4 Å². The van der Waals surface area contributed by atoms with E-state index in [4.69, 9.17) is 0 Å². The van der Waals surface area contributed by atoms with Gasteiger partial charge in [-0.25, -0.2) is 0 Å². The van der Waals surface area contributed by atoms with Crippen molar-refractivity contribution in [1.29, 1.82) is 0 Å². The molecule has 1 aliphatic rings. The molecule has 1 nitrogen and oxygen atoms in total. The van der Waals surface area contributed by atoms with Gasteiger partial charge in [-0.2, -0.15) is 0 Å². The first-order valence-corrected chi connectivity index (χ1v) is 4.61. The van der Waals surface area contributed by atoms with Crippen molar-refractivity contribution in [3.8, 4) is 11.1 Å². The normalized spacial score (nSPS) is 10.9. The minimum Gasteiger partial charge on any atom is -1.00 e. The first-order valence-electron chi connectivity index (χ1n) is 4.61. The van der Waals surface area contributed by atoms with Crippen molar-refractivity contribution in [2.24, 2.45) is 0 Å². The van der Waals surface area contributed by atoms with Crippen LogP contribution in [0.3, 0.4) is 0 Å². The summed E-state index contributed by atoms with van der Waals surface area (Å²) in [4.78, 5) is 11.9. The summed E-state index contributed by atoms with van der Waals surface area (Å²) in [6.07, 6.45) is 0. The fraction of sp³-hybridized carbons (Fsp3) is 0. The summed E-state index contributed by atoms with van der Waals surface area (Å²) in [7, 11) is 0. The first kappa shape index (κ1) is 13.4. The molecule has 0 amide bonds. The van der Waals surface area contributed by atoms with Crippen LogP contribution in [0.4, 0.5) is 0 Å². The molecule has 0 unspecified atom stereocenters. The summed E-state index contributed by atoms with van der Waals surface area (Å²) in [5.41, 5.74) is 3.78. The number of rotatable bonds is 0. The molecule has 16 heavy (non-hydrogen) atoms. The Kier molecular flexibility index (Phi) is 4.25. The smallest absolute Gasteiger partial charge is 1.00 e. The third-order valence-electron chi connectivity index (χ3n) is 2.63. The monoisotopic (exact) mass is 196 g/mol. The molecule has 0 heterocycles. The van der Waals surface area contributed by atoms with E-state index in [9.17, 15) is 4.79 Å². The van der Waals surface area contributed by atoms with Gasteiger partial charge < -0.3 is 2.85 Å². The van der Waals surface area contributed by atoms with E-state index < -0.39 is 0 Å². The maximum atomic E-state index is 11.9. The summed E-state index contributed by atoms with van der Waals surface area (Å²) in [6, 6.07) is 15.5. The van der Waals surface area contributed by atoms with E-state index in [1.807, 2.05) is 48.5 Å². The zero-order chi connectivity index (χ0) is 9.54. The minimum absolute atomic E-state index is 0. The summed E-state index contributed by atoms with van der Waals surface area (Å²) >= 11 is 0. The molecule has 0 aliphatic heterocycles. The third-order valence-corrected chi connectivity index (χ3v) is 2.63. The molecule has 3 heteroatoms. The molecule has 0 radical (unpaired) electrons. The molecule has 70 valence electrons. The fourth-order valence-corrected chi connectivity index (χ4v) is 1.98. The number of hydrogen-bond donors (Lipinski definition) is 0. The average molecular weight is 196 g/mol. The van der Waals surface area contributed by atoms with Gasteiger partial charge in [0.2, 0.25) is 0 Å². The van der Waals surface area contributed by atoms with Crippen molar-refractivity contribution < 1.29 is 45.4 Å². The van der Waals surface area contributed by atoms with Gasteiger partial charge in [0.15, 0.2) is 5.78 Å². The van der Waals surface area contributed by atoms with Crippen LogP contribution in [0.25, 0.3) is 11.1 Å². The SMILES string of the molecule is O=C1c2ccccc2-c2ccccc21.[H-].[H-].[Li+].[Li+]. The van der Waals surface area contributed by atoms with Gasteiger partial charge in [0.1, 0.15) is 0 Å². The van der Waals surface area contributed by atoms with Gasteiger partial charge in [0.05, 0.1) is 0 Å². The van der Waals surface area contributed by atoms with E-state index in [2.05, 4.69) is 0 Å². The van der Waals surface area contributed by atoms with Crippen molar-refractivity contribution in [2.75, 3.05) is 0 Å². The fourth-order valence-electron chi connectivity index (χ4n) is 1.98. The van der Waals surface area contributed by atoms with E-state index in [1.54, 1.807) is 0 Å². The van der Waals surface area contributed by atoms with E-state index >= 15 is 0 Å². The number of benzene rings is 2. The largest absolute Gasteiger partial charge is 1.00 e. The maximum Gasteiger partial charge on any atom is 1.00 e. The molecule has 0 fully saturated rings. The second-order valence-electron chi connectivity index (χ2n) is 3.42. The van der Waals surface area contributed by atoms with Gasteiger partial charge >= 0.3 is 37.7 Å². The zero-order valence-electron chi connectivity index (χ0n) is 11.5. The number of ketones is 1. The van der Waals surface area contributed by atoms with Gasteiger partial charge in [-0.3, -0.25) is 4.79 Å². The number of carbonyl (C=O) groups is 1. The average Bonchev–Trinajstić information content (AvgIpc) is 2.55. The Balaban J connectivity index is 0. The van der Waals surface area contributed by atoms with E-state index in [1.165, 1.54) is 0 Å². The molecule has 0 atom stereocenters. The van der Waals surface area contributed by atoms with Crippen LogP contribution in [0, 0.1) is 0 Å². The van der Waals surface area contributed by atoms with Gasteiger partial charge in [-0.1, -0.05) is 48.5 Å². The second kappa shape index (κ2) is 5.09. The van der Waals surface area contributed by atoms with Crippen LogP contribution in [0.5, 0.6) is 0 Å². The standard InChI is InChI=1S/C13H8O.2Li.2H/c14-13-11-7-3-1-5-9(11)10-6-2-4-8-12(10)13;;;;/h1-8H;;;;/q;2*+1;2*-1. The molecule has 0 bridgehead atoms. The van der Waals surface area contributed by atoms with Crippen LogP contribution in [-0.2, 0) is 0 Å². The Labute approximate surface area is 122 Å². The first-order chi connectivity index (χ1) is 6.88. The van der Waals surface area contributed by atoms with Gasteiger partial charge in [0.25, 0.3) is 0 Å². The molecule has 2 aromatic rings. The molecule has 0 saturated heterocycles. The van der Waals surface area contributed by atoms with Crippen molar-refractivity contribution in [3.05, 3.63) is 59.7 Å². The van der Waals surface area contributed by atoms with Gasteiger partial charge in [0, 0.05) is 11.1 Å². The number of fused-ring (bicyclic) bond motifs is 3. The number of hydrogen-bond acceptors (Lipinski definition) is 1. The Hall–Kier alpha value is -0.695. The predicted molar refractivity (Wildman–Crippen MR) is 57.5 cm³/mol. The zero-order valence-corrected chi connectivity index (χ0v) is 9.53. The Bertz CT molecular complexity index is 497. The topological polar surface area (TPSA) is 17.1 Å². The summed E-state index contributed by atoms with van der Waals surface area (Å²) in [6.45, 7) is 0. The molecule has 0 saturated carbocycles. The molecule has 0 aromatic heterocycles. The van der Waals surface area contributed by atoms with Crippen LogP contribution in [0.2, 0.25) is 0 Å². The predicted octanol–water partition coefficient (Wildman–Crippen LogP) is -2.87. The van der Waals surface area contributed by atoms with Crippen molar-refractivity contribution >= 4 is 5.78 Å². The molecular weight excluding hydrogens is 186 g/mol. The summed E-state index contributed by atoms with van der Waals surface area (Å²) < 4.78 is 0. The van der Waals surface area contributed by atoms with Crippen LogP contribution < -0.4 is 37.7 Å². The summed E-state index contributed by atoms with van der Waals surface area (Å²) in [5, 5.41) is 0. The Morgan fingerprint density at radius 2 is 0.938 bits per heavy atom. The third kappa shape index (κ3) is 1.82. The van der Waals surface area contributed by atoms with Crippen molar-refractivity contribution in [3.63, 3.8) is 0 Å². The quantitative estimate of drug-likeness (QED) is 0.353. The molecular formula is C13H10Li2O. The van der Waals surface area contributed by atoms with Crippen molar-refractivity contribution in [2.45, 2.75) is 0 Å². The maximum absolute atomic E-state index is 11.9. The van der Waals surface area contributed by atoms with Gasteiger partial charge in [-0.15, -0.1) is 0 Å². The van der Waals surface area contributed by atoms with E-state index in [0.717, 1.165) is 22.3 Å². The Morgan fingerprint density at radius 3 is 1.31 bits per heavy atom. The van der Waals surface area contributed by atoms with Crippen LogP contribution in [-0.4, -0.2) is 5.78 Å². The van der Waals surface area contributed by atoms with Gasteiger partial charge in [-0.05, 0) is 11.1 Å². The molecule has 0 N–H and O–H groups in total. The van der Waals surface area contributed by atoms with Crippen LogP contribution in [0.1, 0.15) is 18.8 Å². The second-order valence-corrected chi connectivity index (χ2v) is 3.42. The van der Waals surface area contributed by atoms with Crippen LogP contribution in [0.15, 0.2) is 48.5 Å². The number of carbonyl (C=O) groups excluding carboxylic acids is 1.